The summed E-state index contributed by atoms with van der Waals surface area (Å²) in [5, 5.41) is 0. The maximum atomic E-state index is 12.6. The largest absolute Gasteiger partial charge is 0.464 e. The minimum atomic E-state index is -0.430. The van der Waals surface area contributed by atoms with E-state index in [1.54, 1.807) is 12.1 Å². The molecule has 0 aliphatic carbocycles. The van der Waals surface area contributed by atoms with Gasteiger partial charge in [-0.3, -0.25) is 4.79 Å². The van der Waals surface area contributed by atoms with E-state index in [0.717, 1.165) is 15.8 Å². The van der Waals surface area contributed by atoms with Crippen LogP contribution < -0.4 is 4.80 Å². The van der Waals surface area contributed by atoms with Gasteiger partial charge in [0.15, 0.2) is 4.80 Å². The van der Waals surface area contributed by atoms with Gasteiger partial charge in [0.1, 0.15) is 6.04 Å². The molecule has 0 radical (unpaired) electrons. The highest BCUT2D eigenvalue weighted by Gasteiger charge is 2.30. The average Bonchev–Trinajstić information content (AvgIpc) is 3.18. The first-order chi connectivity index (χ1) is 12.1. The lowest BCUT2D eigenvalue weighted by molar-refractivity contribution is -0.140. The van der Waals surface area contributed by atoms with Crippen molar-refractivity contribution < 1.29 is 14.3 Å². The number of thiazole rings is 1. The quantitative estimate of drug-likeness (QED) is 0.665. The van der Waals surface area contributed by atoms with Crippen molar-refractivity contribution in [2.24, 2.45) is 4.99 Å². The first-order valence-electron chi connectivity index (χ1n) is 8.06. The minimum absolute atomic E-state index is 0.271. The Balaban J connectivity index is 1.87. The molecule has 1 aliphatic heterocycles. The third-order valence-electron chi connectivity index (χ3n) is 4.25. The number of para-hydroxylation sites is 1. The molecular weight excluding hydrogens is 336 g/mol. The molecular formula is C19H16N2O3S. The van der Waals surface area contributed by atoms with Gasteiger partial charge in [0.05, 0.1) is 16.8 Å². The third kappa shape index (κ3) is 2.89. The Kier molecular flexibility index (Phi) is 3.97. The highest BCUT2D eigenvalue weighted by atomic mass is 32.1. The number of carbonyl (C=O) groups excluding carboxylic acids is 2. The number of aryl methyl sites for hydroxylation is 1. The molecule has 1 unspecified atom stereocenters. The Hall–Kier alpha value is -2.73. The molecule has 25 heavy (non-hydrogen) atoms. The lowest BCUT2D eigenvalue weighted by Gasteiger charge is -2.09. The van der Waals surface area contributed by atoms with E-state index >= 15 is 0 Å². The van der Waals surface area contributed by atoms with Crippen LogP contribution in [0, 0.1) is 6.92 Å². The summed E-state index contributed by atoms with van der Waals surface area (Å²) in [6, 6.07) is 14.6. The van der Waals surface area contributed by atoms with Gasteiger partial charge in [0.25, 0.3) is 5.91 Å². The maximum Gasteiger partial charge on any atom is 0.329 e. The number of ether oxygens (including phenoxy) is 1. The van der Waals surface area contributed by atoms with Crippen LogP contribution in [0.5, 0.6) is 0 Å². The third-order valence-corrected chi connectivity index (χ3v) is 5.28. The number of nitrogens with zero attached hydrogens (tertiary/aromatic N) is 2. The number of carbonyl (C=O) groups is 2. The molecule has 1 aromatic heterocycles. The monoisotopic (exact) mass is 352 g/mol. The van der Waals surface area contributed by atoms with Crippen LogP contribution in [0.3, 0.4) is 0 Å². The Morgan fingerprint density at radius 2 is 1.96 bits per heavy atom. The lowest BCUT2D eigenvalue weighted by atomic mass is 10.1. The molecule has 1 aliphatic rings. The first kappa shape index (κ1) is 15.8. The number of amides is 1. The van der Waals surface area contributed by atoms with Crippen molar-refractivity contribution in [3.63, 3.8) is 0 Å². The second kappa shape index (κ2) is 6.29. The van der Waals surface area contributed by atoms with Gasteiger partial charge < -0.3 is 9.30 Å². The van der Waals surface area contributed by atoms with Crippen LogP contribution in [0.4, 0.5) is 0 Å². The van der Waals surface area contributed by atoms with Gasteiger partial charge in [0.2, 0.25) is 0 Å². The number of rotatable bonds is 2. The number of esters is 1. The molecule has 0 N–H and O–H groups in total. The second-order valence-electron chi connectivity index (χ2n) is 5.98. The van der Waals surface area contributed by atoms with E-state index in [2.05, 4.69) is 4.99 Å². The zero-order valence-electron chi connectivity index (χ0n) is 13.6. The van der Waals surface area contributed by atoms with Crippen molar-refractivity contribution in [1.82, 2.24) is 4.57 Å². The summed E-state index contributed by atoms with van der Waals surface area (Å²) in [7, 11) is 0. The van der Waals surface area contributed by atoms with Gasteiger partial charge in [-0.1, -0.05) is 41.2 Å². The summed E-state index contributed by atoms with van der Waals surface area (Å²) in [6.45, 7) is 2.36. The molecule has 4 rings (SSSR count). The van der Waals surface area contributed by atoms with Crippen LogP contribution in [0.1, 0.15) is 28.4 Å². The highest BCUT2D eigenvalue weighted by Crippen LogP contribution is 2.26. The van der Waals surface area contributed by atoms with Gasteiger partial charge in [0, 0.05) is 12.0 Å². The summed E-state index contributed by atoms with van der Waals surface area (Å²) in [6.07, 6.45) is 0.589. The van der Waals surface area contributed by atoms with E-state index < -0.39 is 6.04 Å². The Morgan fingerprint density at radius 3 is 2.68 bits per heavy atom. The molecule has 5 nitrogen and oxygen atoms in total. The molecule has 6 heteroatoms. The Morgan fingerprint density at radius 1 is 1.20 bits per heavy atom. The minimum Gasteiger partial charge on any atom is -0.464 e. The van der Waals surface area contributed by atoms with Crippen molar-refractivity contribution in [2.75, 3.05) is 6.61 Å². The number of hydrogen-bond donors (Lipinski definition) is 0. The van der Waals surface area contributed by atoms with E-state index in [9.17, 15) is 9.59 Å². The summed E-state index contributed by atoms with van der Waals surface area (Å²) < 4.78 is 7.93. The number of cyclic esters (lactones) is 1. The average molecular weight is 352 g/mol. The fourth-order valence-corrected chi connectivity index (χ4v) is 4.00. The predicted octanol–water partition coefficient (Wildman–Crippen LogP) is 3.24. The Labute approximate surface area is 148 Å². The van der Waals surface area contributed by atoms with Crippen LogP contribution in [-0.4, -0.2) is 23.1 Å². The molecule has 0 bridgehead atoms. The summed E-state index contributed by atoms with van der Waals surface area (Å²) >= 11 is 1.41. The van der Waals surface area contributed by atoms with Crippen LogP contribution in [0.2, 0.25) is 0 Å². The molecule has 1 atom stereocenters. The molecule has 2 heterocycles. The van der Waals surface area contributed by atoms with Crippen molar-refractivity contribution in [1.29, 1.82) is 0 Å². The fourth-order valence-electron chi connectivity index (χ4n) is 2.94. The van der Waals surface area contributed by atoms with Crippen LogP contribution in [0.25, 0.3) is 10.2 Å². The van der Waals surface area contributed by atoms with Crippen molar-refractivity contribution in [3.8, 4) is 0 Å². The predicted molar refractivity (Wildman–Crippen MR) is 95.5 cm³/mol. The van der Waals surface area contributed by atoms with Crippen LogP contribution in [0.15, 0.2) is 53.5 Å². The normalized spacial score (nSPS) is 17.9. The topological polar surface area (TPSA) is 60.7 Å². The summed E-state index contributed by atoms with van der Waals surface area (Å²) in [5.41, 5.74) is 2.51. The number of benzene rings is 2. The van der Waals surface area contributed by atoms with Gasteiger partial charge in [-0.15, -0.1) is 0 Å². The Bertz CT molecular complexity index is 1030. The smallest absolute Gasteiger partial charge is 0.329 e. The molecule has 1 saturated heterocycles. The molecule has 0 spiro atoms. The maximum absolute atomic E-state index is 12.6. The molecule has 1 fully saturated rings. The van der Waals surface area contributed by atoms with Gasteiger partial charge >= 0.3 is 5.97 Å². The van der Waals surface area contributed by atoms with E-state index in [-0.39, 0.29) is 11.9 Å². The van der Waals surface area contributed by atoms with Gasteiger partial charge in [-0.2, -0.15) is 4.99 Å². The molecule has 0 saturated carbocycles. The van der Waals surface area contributed by atoms with E-state index in [1.165, 1.54) is 11.3 Å². The molecule has 126 valence electrons. The first-order valence-corrected chi connectivity index (χ1v) is 8.87. The van der Waals surface area contributed by atoms with Gasteiger partial charge in [-0.25, -0.2) is 4.79 Å². The van der Waals surface area contributed by atoms with E-state index in [0.29, 0.717) is 23.4 Å². The summed E-state index contributed by atoms with van der Waals surface area (Å²) in [4.78, 5) is 29.5. The van der Waals surface area contributed by atoms with Gasteiger partial charge in [-0.05, 0) is 31.2 Å². The van der Waals surface area contributed by atoms with E-state index in [4.69, 9.17) is 4.74 Å². The second-order valence-corrected chi connectivity index (χ2v) is 6.99. The van der Waals surface area contributed by atoms with Crippen molar-refractivity contribution in [2.45, 2.75) is 19.4 Å². The number of hydrogen-bond acceptors (Lipinski definition) is 4. The van der Waals surface area contributed by atoms with Crippen molar-refractivity contribution >= 4 is 33.4 Å². The van der Waals surface area contributed by atoms with Crippen LogP contribution >= 0.6 is 11.3 Å². The number of fused-ring (bicyclic) bond motifs is 1. The van der Waals surface area contributed by atoms with Crippen molar-refractivity contribution in [3.05, 3.63) is 64.5 Å². The SMILES string of the molecule is Cc1ccc(C(=O)N=c2sc3ccccc3n2C2CCOC2=O)cc1. The lowest BCUT2D eigenvalue weighted by Crippen LogP contribution is -2.25. The molecule has 2 aromatic carbocycles. The molecule has 1 amide bonds. The zero-order valence-corrected chi connectivity index (χ0v) is 14.5. The van der Waals surface area contributed by atoms with E-state index in [1.807, 2.05) is 47.9 Å². The number of aromatic nitrogens is 1. The zero-order chi connectivity index (χ0) is 17.4. The highest BCUT2D eigenvalue weighted by molar-refractivity contribution is 7.16. The molecule has 3 aromatic rings. The van der Waals surface area contributed by atoms with Crippen LogP contribution in [-0.2, 0) is 9.53 Å². The standard InChI is InChI=1S/C19H16N2O3S/c1-12-6-8-13(9-7-12)17(22)20-19-21(15-10-11-24-18(15)23)14-4-2-3-5-16(14)25-19/h2-9,15H,10-11H2,1H3. The summed E-state index contributed by atoms with van der Waals surface area (Å²) in [5.74, 6) is -0.584. The fraction of sp³-hybridized carbons (Fsp3) is 0.211.